The van der Waals surface area contributed by atoms with E-state index in [-0.39, 0.29) is 6.04 Å². The zero-order valence-electron chi connectivity index (χ0n) is 15.1. The van der Waals surface area contributed by atoms with Gasteiger partial charge in [0.25, 0.3) is 0 Å². The van der Waals surface area contributed by atoms with Crippen molar-refractivity contribution < 1.29 is 4.79 Å². The Kier molecular flexibility index (Phi) is 5.72. The summed E-state index contributed by atoms with van der Waals surface area (Å²) in [6.45, 7) is 9.78. The van der Waals surface area contributed by atoms with Crippen molar-refractivity contribution in [1.29, 1.82) is 0 Å². The molecule has 132 valence electrons. The van der Waals surface area contributed by atoms with Crippen LogP contribution in [-0.4, -0.2) is 66.0 Å². The highest BCUT2D eigenvalue weighted by Gasteiger charge is 2.29. The average Bonchev–Trinajstić information content (AvgIpc) is 2.90. The number of pyridine rings is 1. The quantitative estimate of drug-likeness (QED) is 0.853. The van der Waals surface area contributed by atoms with Crippen molar-refractivity contribution in [2.75, 3.05) is 44.2 Å². The highest BCUT2D eigenvalue weighted by Crippen LogP contribution is 2.21. The Bertz CT molecular complexity index is 546. The fourth-order valence-electron chi connectivity index (χ4n) is 3.89. The molecule has 24 heavy (non-hydrogen) atoms. The number of rotatable bonds is 3. The first-order chi connectivity index (χ1) is 11.7. The second-order valence-electron chi connectivity index (χ2n) is 7.10. The molecule has 0 bridgehead atoms. The van der Waals surface area contributed by atoms with Crippen molar-refractivity contribution in [3.8, 4) is 0 Å². The Morgan fingerprint density at radius 1 is 1.04 bits per heavy atom. The minimum Gasteiger partial charge on any atom is -0.368 e. The van der Waals surface area contributed by atoms with Gasteiger partial charge in [-0.1, -0.05) is 12.8 Å². The lowest BCUT2D eigenvalue weighted by molar-refractivity contribution is -0.136. The number of anilines is 1. The third-order valence-corrected chi connectivity index (χ3v) is 5.47. The summed E-state index contributed by atoms with van der Waals surface area (Å²) in [6.07, 6.45) is 8.83. The molecule has 1 amide bonds. The van der Waals surface area contributed by atoms with Gasteiger partial charge in [0.15, 0.2) is 0 Å². The molecule has 1 unspecified atom stereocenters. The van der Waals surface area contributed by atoms with Gasteiger partial charge < -0.3 is 9.80 Å². The van der Waals surface area contributed by atoms with Crippen LogP contribution < -0.4 is 4.90 Å². The van der Waals surface area contributed by atoms with Crippen LogP contribution in [0.1, 0.15) is 38.2 Å². The van der Waals surface area contributed by atoms with Crippen molar-refractivity contribution in [2.45, 2.75) is 45.6 Å². The molecule has 0 aromatic carbocycles. The lowest BCUT2D eigenvalue weighted by Crippen LogP contribution is -2.54. The Morgan fingerprint density at radius 2 is 1.71 bits per heavy atom. The first kappa shape index (κ1) is 17.2. The minimum absolute atomic E-state index is 0.0253. The molecule has 2 aliphatic rings. The van der Waals surface area contributed by atoms with Crippen LogP contribution in [0.15, 0.2) is 18.5 Å². The van der Waals surface area contributed by atoms with Crippen molar-refractivity contribution >= 4 is 11.6 Å². The predicted molar refractivity (Wildman–Crippen MR) is 97.3 cm³/mol. The number of carbonyl (C=O) groups is 1. The van der Waals surface area contributed by atoms with Crippen LogP contribution in [0.4, 0.5) is 5.69 Å². The normalized spacial score (nSPS) is 21.4. The number of nitrogens with zero attached hydrogens (tertiary/aromatic N) is 4. The van der Waals surface area contributed by atoms with Crippen LogP contribution in [-0.2, 0) is 4.79 Å². The molecule has 3 heterocycles. The van der Waals surface area contributed by atoms with Crippen LogP contribution in [0.3, 0.4) is 0 Å². The summed E-state index contributed by atoms with van der Waals surface area (Å²) in [5.41, 5.74) is 2.45. The zero-order valence-corrected chi connectivity index (χ0v) is 15.1. The van der Waals surface area contributed by atoms with Crippen LogP contribution in [0.25, 0.3) is 0 Å². The molecule has 0 radical (unpaired) electrons. The maximum absolute atomic E-state index is 12.9. The smallest absolute Gasteiger partial charge is 0.239 e. The topological polar surface area (TPSA) is 39.7 Å². The van der Waals surface area contributed by atoms with Gasteiger partial charge in [0.1, 0.15) is 0 Å². The summed E-state index contributed by atoms with van der Waals surface area (Å²) in [7, 11) is 0. The Balaban J connectivity index is 1.55. The van der Waals surface area contributed by atoms with E-state index in [0.717, 1.165) is 39.3 Å². The van der Waals surface area contributed by atoms with Crippen molar-refractivity contribution in [2.24, 2.45) is 0 Å². The summed E-state index contributed by atoms with van der Waals surface area (Å²) < 4.78 is 0. The average molecular weight is 330 g/mol. The Labute approximate surface area is 145 Å². The second-order valence-corrected chi connectivity index (χ2v) is 7.10. The SMILES string of the molecule is Cc1cnccc1N1CCN(C(=O)C(C)N2CCCCCC2)CC1. The number of likely N-dealkylation sites (tertiary alicyclic amines) is 1. The van der Waals surface area contributed by atoms with Crippen molar-refractivity contribution in [1.82, 2.24) is 14.8 Å². The van der Waals surface area contributed by atoms with Gasteiger partial charge in [0, 0.05) is 44.3 Å². The Hall–Kier alpha value is -1.62. The van der Waals surface area contributed by atoms with Crippen molar-refractivity contribution in [3.63, 3.8) is 0 Å². The third-order valence-electron chi connectivity index (χ3n) is 5.47. The molecule has 5 nitrogen and oxygen atoms in total. The van der Waals surface area contributed by atoms with E-state index in [1.54, 1.807) is 0 Å². The van der Waals surface area contributed by atoms with Crippen molar-refractivity contribution in [3.05, 3.63) is 24.0 Å². The summed E-state index contributed by atoms with van der Waals surface area (Å²) in [5.74, 6) is 0.308. The maximum Gasteiger partial charge on any atom is 0.239 e. The molecule has 2 saturated heterocycles. The standard InChI is InChI=1S/C19H30N4O/c1-16-15-20-8-7-18(16)22-11-13-23(14-12-22)19(24)17(2)21-9-5-3-4-6-10-21/h7-8,15,17H,3-6,9-14H2,1-2H3. The fraction of sp³-hybridized carbons (Fsp3) is 0.684. The highest BCUT2D eigenvalue weighted by molar-refractivity contribution is 5.81. The molecule has 1 atom stereocenters. The van der Waals surface area contributed by atoms with E-state index < -0.39 is 0 Å². The molecular formula is C19H30N4O. The van der Waals surface area contributed by atoms with E-state index in [2.05, 4.69) is 39.6 Å². The van der Waals surface area contributed by atoms with E-state index in [1.165, 1.54) is 36.9 Å². The number of aryl methyl sites for hydroxylation is 1. The molecule has 0 spiro atoms. The molecule has 1 aromatic heterocycles. The van der Waals surface area contributed by atoms with Gasteiger partial charge >= 0.3 is 0 Å². The highest BCUT2D eigenvalue weighted by atomic mass is 16.2. The van der Waals surface area contributed by atoms with E-state index in [0.29, 0.717) is 5.91 Å². The molecule has 2 aliphatic heterocycles. The lowest BCUT2D eigenvalue weighted by atomic mass is 10.1. The third kappa shape index (κ3) is 3.89. The first-order valence-electron chi connectivity index (χ1n) is 9.35. The summed E-state index contributed by atoms with van der Waals surface area (Å²) in [6, 6.07) is 2.10. The molecule has 1 aromatic rings. The van der Waals surface area contributed by atoms with Gasteiger partial charge in [-0.25, -0.2) is 0 Å². The first-order valence-corrected chi connectivity index (χ1v) is 9.35. The lowest BCUT2D eigenvalue weighted by Gasteiger charge is -2.39. The number of aromatic nitrogens is 1. The van der Waals surface area contributed by atoms with E-state index in [4.69, 9.17) is 0 Å². The van der Waals surface area contributed by atoms with Crippen LogP contribution in [0.2, 0.25) is 0 Å². The Morgan fingerprint density at radius 3 is 2.33 bits per heavy atom. The van der Waals surface area contributed by atoms with Crippen LogP contribution in [0.5, 0.6) is 0 Å². The number of amides is 1. The van der Waals surface area contributed by atoms with E-state index >= 15 is 0 Å². The predicted octanol–water partition coefficient (Wildman–Crippen LogP) is 2.30. The summed E-state index contributed by atoms with van der Waals surface area (Å²) in [5, 5.41) is 0. The molecule has 3 rings (SSSR count). The molecular weight excluding hydrogens is 300 g/mol. The van der Waals surface area contributed by atoms with E-state index in [9.17, 15) is 4.79 Å². The van der Waals surface area contributed by atoms with Gasteiger partial charge in [-0.05, 0) is 51.4 Å². The largest absolute Gasteiger partial charge is 0.368 e. The maximum atomic E-state index is 12.9. The van der Waals surface area contributed by atoms with Gasteiger partial charge in [-0.2, -0.15) is 0 Å². The van der Waals surface area contributed by atoms with Gasteiger partial charge in [0.05, 0.1) is 6.04 Å². The number of hydrogen-bond donors (Lipinski definition) is 0. The van der Waals surface area contributed by atoms with Crippen LogP contribution >= 0.6 is 0 Å². The molecule has 2 fully saturated rings. The number of piperazine rings is 1. The second kappa shape index (κ2) is 7.97. The van der Waals surface area contributed by atoms with Gasteiger partial charge in [-0.15, -0.1) is 0 Å². The fourth-order valence-corrected chi connectivity index (χ4v) is 3.89. The zero-order chi connectivity index (χ0) is 16.9. The van der Waals surface area contributed by atoms with Gasteiger partial charge in [-0.3, -0.25) is 14.7 Å². The number of carbonyl (C=O) groups excluding carboxylic acids is 1. The summed E-state index contributed by atoms with van der Waals surface area (Å²) in [4.78, 5) is 23.9. The number of hydrogen-bond acceptors (Lipinski definition) is 4. The van der Waals surface area contributed by atoms with E-state index in [1.807, 2.05) is 12.4 Å². The minimum atomic E-state index is 0.0253. The monoisotopic (exact) mass is 330 g/mol. The van der Waals surface area contributed by atoms with Gasteiger partial charge in [0.2, 0.25) is 5.91 Å². The molecule has 0 N–H and O–H groups in total. The molecule has 0 saturated carbocycles. The van der Waals surface area contributed by atoms with Crippen LogP contribution in [0, 0.1) is 6.92 Å². The molecule has 0 aliphatic carbocycles. The summed E-state index contributed by atoms with van der Waals surface area (Å²) >= 11 is 0. The molecule has 5 heteroatoms.